The zero-order valence-corrected chi connectivity index (χ0v) is 13.3. The van der Waals surface area contributed by atoms with Crippen molar-refractivity contribution < 1.29 is 18.3 Å². The quantitative estimate of drug-likeness (QED) is 0.925. The van der Waals surface area contributed by atoms with Gasteiger partial charge in [0.05, 0.1) is 4.90 Å². The molecule has 1 aromatic heterocycles. The van der Waals surface area contributed by atoms with Crippen molar-refractivity contribution in [2.24, 2.45) is 5.92 Å². The number of fused-ring (bicyclic) bond motifs is 1. The number of aromatic carboxylic acids is 1. The summed E-state index contributed by atoms with van der Waals surface area (Å²) in [6, 6.07) is 1.39. The Hall–Kier alpha value is -0.920. The lowest BCUT2D eigenvalue weighted by Crippen LogP contribution is -2.49. The molecule has 3 rings (SSSR count). The van der Waals surface area contributed by atoms with Gasteiger partial charge in [0.15, 0.2) is 0 Å². The van der Waals surface area contributed by atoms with Crippen LogP contribution in [0.3, 0.4) is 0 Å². The average Bonchev–Trinajstić information content (AvgIpc) is 2.97. The molecule has 2 unspecified atom stereocenters. The second kappa shape index (κ2) is 5.70. The summed E-state index contributed by atoms with van der Waals surface area (Å²) in [5.74, 6) is -0.601. The summed E-state index contributed by atoms with van der Waals surface area (Å²) in [4.78, 5) is 11.2. The fourth-order valence-electron chi connectivity index (χ4n) is 3.58. The molecule has 7 heteroatoms. The van der Waals surface area contributed by atoms with Crippen LogP contribution >= 0.6 is 11.3 Å². The van der Waals surface area contributed by atoms with Gasteiger partial charge in [-0.1, -0.05) is 12.8 Å². The third-order valence-corrected chi connectivity index (χ3v) is 7.55. The molecule has 1 aromatic rings. The van der Waals surface area contributed by atoms with Gasteiger partial charge >= 0.3 is 5.97 Å². The van der Waals surface area contributed by atoms with Crippen molar-refractivity contribution in [3.05, 3.63) is 16.3 Å². The third-order valence-electron chi connectivity index (χ3n) is 4.59. The van der Waals surface area contributed by atoms with Crippen LogP contribution < -0.4 is 0 Å². The monoisotopic (exact) mass is 329 g/mol. The van der Waals surface area contributed by atoms with Gasteiger partial charge in [0.25, 0.3) is 0 Å². The molecule has 2 atom stereocenters. The Bertz CT molecular complexity index is 635. The minimum absolute atomic E-state index is 0.0748. The number of carbonyl (C=O) groups is 1. The van der Waals surface area contributed by atoms with Crippen molar-refractivity contribution in [3.63, 3.8) is 0 Å². The van der Waals surface area contributed by atoms with E-state index in [1.165, 1.54) is 17.9 Å². The highest BCUT2D eigenvalue weighted by Gasteiger charge is 2.40. The number of sulfonamides is 1. The molecular formula is C14H19NO4S2. The first-order valence-electron chi connectivity index (χ1n) is 7.34. The van der Waals surface area contributed by atoms with Gasteiger partial charge in [-0.25, -0.2) is 13.2 Å². The summed E-state index contributed by atoms with van der Waals surface area (Å²) in [7, 11) is -3.56. The van der Waals surface area contributed by atoms with Gasteiger partial charge < -0.3 is 5.11 Å². The number of hydrogen-bond donors (Lipinski definition) is 1. The second-order valence-electron chi connectivity index (χ2n) is 5.82. The largest absolute Gasteiger partial charge is 0.477 e. The third kappa shape index (κ3) is 2.74. The Morgan fingerprint density at radius 3 is 2.67 bits per heavy atom. The van der Waals surface area contributed by atoms with Gasteiger partial charge in [0.2, 0.25) is 10.0 Å². The predicted molar refractivity (Wildman–Crippen MR) is 80.2 cm³/mol. The van der Waals surface area contributed by atoms with Crippen molar-refractivity contribution in [1.29, 1.82) is 0 Å². The van der Waals surface area contributed by atoms with Gasteiger partial charge in [0, 0.05) is 18.0 Å². The van der Waals surface area contributed by atoms with Crippen LogP contribution in [-0.4, -0.2) is 36.4 Å². The highest BCUT2D eigenvalue weighted by Crippen LogP contribution is 2.38. The van der Waals surface area contributed by atoms with Crippen LogP contribution in [0.2, 0.25) is 0 Å². The zero-order valence-electron chi connectivity index (χ0n) is 11.7. The van der Waals surface area contributed by atoms with E-state index in [2.05, 4.69) is 0 Å². The number of carboxylic acid groups (broad SMARTS) is 1. The molecule has 2 fully saturated rings. The van der Waals surface area contributed by atoms with E-state index in [-0.39, 0.29) is 15.8 Å². The highest BCUT2D eigenvalue weighted by molar-refractivity contribution is 7.89. The predicted octanol–water partition coefficient (Wildman–Crippen LogP) is 2.79. The highest BCUT2D eigenvalue weighted by atomic mass is 32.2. The molecule has 2 aliphatic rings. The van der Waals surface area contributed by atoms with Crippen molar-refractivity contribution in [1.82, 2.24) is 4.31 Å². The molecular weight excluding hydrogens is 310 g/mol. The first kappa shape index (κ1) is 15.0. The van der Waals surface area contributed by atoms with E-state index in [0.717, 1.165) is 43.4 Å². The van der Waals surface area contributed by atoms with Gasteiger partial charge in [-0.05, 0) is 37.7 Å². The van der Waals surface area contributed by atoms with E-state index in [4.69, 9.17) is 5.11 Å². The smallest absolute Gasteiger partial charge is 0.345 e. The first-order valence-corrected chi connectivity index (χ1v) is 9.66. The maximum atomic E-state index is 12.8. The summed E-state index contributed by atoms with van der Waals surface area (Å²) < 4.78 is 27.3. The molecule has 0 bridgehead atoms. The van der Waals surface area contributed by atoms with E-state index in [9.17, 15) is 13.2 Å². The van der Waals surface area contributed by atoms with E-state index >= 15 is 0 Å². The van der Waals surface area contributed by atoms with Crippen molar-refractivity contribution in [3.8, 4) is 0 Å². The Kier molecular flexibility index (Phi) is 4.07. The fourth-order valence-corrected chi connectivity index (χ4v) is 6.43. The molecule has 1 aliphatic heterocycles. The lowest BCUT2D eigenvalue weighted by molar-refractivity contribution is 0.0702. The minimum atomic E-state index is -3.56. The fraction of sp³-hybridized carbons (Fsp3) is 0.643. The van der Waals surface area contributed by atoms with E-state index in [1.807, 2.05) is 0 Å². The maximum absolute atomic E-state index is 12.8. The number of nitrogens with zero attached hydrogens (tertiary/aromatic N) is 1. The van der Waals surface area contributed by atoms with Crippen LogP contribution in [0.15, 0.2) is 16.3 Å². The Labute approximate surface area is 128 Å². The van der Waals surface area contributed by atoms with E-state index in [0.29, 0.717) is 12.5 Å². The summed E-state index contributed by atoms with van der Waals surface area (Å²) in [6.07, 6.45) is 6.32. The summed E-state index contributed by atoms with van der Waals surface area (Å²) in [6.45, 7) is 0.557. The number of hydrogen-bond acceptors (Lipinski definition) is 4. The van der Waals surface area contributed by atoms with Crippen LogP contribution in [0, 0.1) is 5.92 Å². The first-order chi connectivity index (χ1) is 10.00. The summed E-state index contributed by atoms with van der Waals surface area (Å²) >= 11 is 0.973. The molecule has 1 saturated heterocycles. The van der Waals surface area contributed by atoms with Gasteiger partial charge in [-0.2, -0.15) is 4.31 Å². The van der Waals surface area contributed by atoms with E-state index < -0.39 is 16.0 Å². The Morgan fingerprint density at radius 1 is 1.24 bits per heavy atom. The average molecular weight is 329 g/mol. The van der Waals surface area contributed by atoms with Gasteiger partial charge in [-0.15, -0.1) is 11.3 Å². The van der Waals surface area contributed by atoms with Crippen molar-refractivity contribution in [2.75, 3.05) is 6.54 Å². The Morgan fingerprint density at radius 2 is 1.95 bits per heavy atom. The molecule has 1 N–H and O–H groups in total. The molecule has 116 valence electrons. The number of thiophene rings is 1. The second-order valence-corrected chi connectivity index (χ2v) is 8.62. The number of carboxylic acids is 1. The number of rotatable bonds is 3. The lowest BCUT2D eigenvalue weighted by Gasteiger charge is -2.42. The normalized spacial score (nSPS) is 27.2. The number of piperidine rings is 1. The van der Waals surface area contributed by atoms with Crippen LogP contribution in [-0.2, 0) is 10.0 Å². The van der Waals surface area contributed by atoms with Crippen LogP contribution in [0.1, 0.15) is 48.2 Å². The van der Waals surface area contributed by atoms with Crippen LogP contribution in [0.4, 0.5) is 0 Å². The standard InChI is InChI=1S/C14H19NO4S2/c16-14(17)13-8-11(9-20-13)21(18,19)15-7-3-5-10-4-1-2-6-12(10)15/h8-10,12H,1-7H2,(H,16,17). The van der Waals surface area contributed by atoms with Crippen LogP contribution in [0.25, 0.3) is 0 Å². The van der Waals surface area contributed by atoms with Gasteiger partial charge in [-0.3, -0.25) is 0 Å². The molecule has 5 nitrogen and oxygen atoms in total. The van der Waals surface area contributed by atoms with Gasteiger partial charge in [0.1, 0.15) is 4.88 Å². The van der Waals surface area contributed by atoms with E-state index in [1.54, 1.807) is 4.31 Å². The zero-order chi connectivity index (χ0) is 15.0. The molecule has 0 aromatic carbocycles. The molecule has 0 radical (unpaired) electrons. The molecule has 0 amide bonds. The minimum Gasteiger partial charge on any atom is -0.477 e. The molecule has 1 saturated carbocycles. The SMILES string of the molecule is O=C(O)c1cc(S(=O)(=O)N2CCCC3CCCCC32)cs1. The lowest BCUT2D eigenvalue weighted by atomic mass is 9.79. The maximum Gasteiger partial charge on any atom is 0.345 e. The van der Waals surface area contributed by atoms with Crippen molar-refractivity contribution in [2.45, 2.75) is 49.5 Å². The molecule has 0 spiro atoms. The van der Waals surface area contributed by atoms with Crippen LogP contribution in [0.5, 0.6) is 0 Å². The Balaban J connectivity index is 1.90. The molecule has 21 heavy (non-hydrogen) atoms. The van der Waals surface area contributed by atoms with Crippen molar-refractivity contribution >= 4 is 27.3 Å². The topological polar surface area (TPSA) is 74.7 Å². The molecule has 1 aliphatic carbocycles. The summed E-state index contributed by atoms with van der Waals surface area (Å²) in [5.41, 5.74) is 0. The summed E-state index contributed by atoms with van der Waals surface area (Å²) in [5, 5.41) is 10.4. The molecule has 2 heterocycles.